The molecule has 1 fully saturated rings. The topological polar surface area (TPSA) is 180 Å². The van der Waals surface area contributed by atoms with Gasteiger partial charge in [-0.2, -0.15) is 0 Å². The van der Waals surface area contributed by atoms with E-state index < -0.39 is 48.2 Å². The molecule has 7 N–H and O–H groups in total. The van der Waals surface area contributed by atoms with Gasteiger partial charge < -0.3 is 32.1 Å². The smallest absolute Gasteiger partial charge is 0.326 e. The van der Waals surface area contributed by atoms with Crippen molar-refractivity contribution < 1.29 is 29.1 Å². The third kappa shape index (κ3) is 6.67. The van der Waals surface area contributed by atoms with Gasteiger partial charge in [-0.1, -0.05) is 0 Å². The van der Waals surface area contributed by atoms with Crippen molar-refractivity contribution >= 4 is 29.6 Å². The molecule has 0 aromatic carbocycles. The molecule has 11 heteroatoms. The molecule has 11 nitrogen and oxygen atoms in total. The van der Waals surface area contributed by atoms with Crippen LogP contribution in [0.15, 0.2) is 0 Å². The molecule has 4 amide bonds. The van der Waals surface area contributed by atoms with Crippen LogP contribution in [0.25, 0.3) is 0 Å². The molecule has 146 valence electrons. The maximum Gasteiger partial charge on any atom is 0.326 e. The third-order valence-electron chi connectivity index (χ3n) is 3.90. The largest absolute Gasteiger partial charge is 0.480 e. The Morgan fingerprint density at radius 1 is 1.08 bits per heavy atom. The van der Waals surface area contributed by atoms with Gasteiger partial charge in [0.25, 0.3) is 0 Å². The van der Waals surface area contributed by atoms with Crippen LogP contribution in [-0.4, -0.2) is 65.4 Å². The summed E-state index contributed by atoms with van der Waals surface area (Å²) in [5.41, 5.74) is 4.93. The van der Waals surface area contributed by atoms with Crippen LogP contribution in [0.4, 0.5) is 0 Å². The van der Waals surface area contributed by atoms with Crippen LogP contribution in [0.5, 0.6) is 0 Å². The summed E-state index contributed by atoms with van der Waals surface area (Å²) in [5.74, 6) is -3.98. The highest BCUT2D eigenvalue weighted by Gasteiger charge is 2.28. The number of aliphatic carboxylic acids is 1. The predicted molar refractivity (Wildman–Crippen MR) is 89.6 cm³/mol. The molecular weight excluding hydrogens is 346 g/mol. The Hall–Kier alpha value is -2.69. The highest BCUT2D eigenvalue weighted by Crippen LogP contribution is 2.05. The summed E-state index contributed by atoms with van der Waals surface area (Å²) >= 11 is 0. The van der Waals surface area contributed by atoms with Crippen molar-refractivity contribution in [1.29, 1.82) is 0 Å². The maximum atomic E-state index is 12.1. The van der Waals surface area contributed by atoms with Gasteiger partial charge in [0.2, 0.25) is 23.6 Å². The lowest BCUT2D eigenvalue weighted by Gasteiger charge is -2.21. The highest BCUT2D eigenvalue weighted by atomic mass is 16.4. The summed E-state index contributed by atoms with van der Waals surface area (Å²) in [6.45, 7) is 3.56. The van der Waals surface area contributed by atoms with Crippen LogP contribution in [0.2, 0.25) is 0 Å². The monoisotopic (exact) mass is 371 g/mol. The molecule has 4 unspecified atom stereocenters. The van der Waals surface area contributed by atoms with Crippen molar-refractivity contribution in [1.82, 2.24) is 21.3 Å². The third-order valence-corrected chi connectivity index (χ3v) is 3.90. The number of hydrogen-bond donors (Lipinski definition) is 6. The van der Waals surface area contributed by atoms with Gasteiger partial charge in [0.1, 0.15) is 18.1 Å². The van der Waals surface area contributed by atoms with Crippen LogP contribution in [0.3, 0.4) is 0 Å². The molecular formula is C15H25N5O6. The quantitative estimate of drug-likeness (QED) is 0.253. The van der Waals surface area contributed by atoms with E-state index in [-0.39, 0.29) is 11.9 Å². The molecule has 0 radical (unpaired) electrons. The predicted octanol–water partition coefficient (Wildman–Crippen LogP) is -2.81. The molecule has 0 bridgehead atoms. The molecule has 1 saturated heterocycles. The van der Waals surface area contributed by atoms with E-state index >= 15 is 0 Å². The van der Waals surface area contributed by atoms with Crippen molar-refractivity contribution in [2.24, 2.45) is 5.73 Å². The molecule has 0 aromatic heterocycles. The first-order valence-corrected chi connectivity index (χ1v) is 8.27. The summed E-state index contributed by atoms with van der Waals surface area (Å²) in [4.78, 5) is 57.9. The second kappa shape index (κ2) is 9.70. The van der Waals surface area contributed by atoms with Crippen molar-refractivity contribution in [3.63, 3.8) is 0 Å². The molecule has 0 spiro atoms. The second-order valence-corrected chi connectivity index (χ2v) is 6.18. The van der Waals surface area contributed by atoms with E-state index in [1.807, 2.05) is 0 Å². The number of nitrogens with two attached hydrogens (primary N) is 1. The van der Waals surface area contributed by atoms with Crippen LogP contribution in [-0.2, 0) is 24.0 Å². The van der Waals surface area contributed by atoms with Crippen LogP contribution in [0, 0.1) is 0 Å². The molecule has 26 heavy (non-hydrogen) atoms. The summed E-state index contributed by atoms with van der Waals surface area (Å²) in [7, 11) is 0. The lowest BCUT2D eigenvalue weighted by Crippen LogP contribution is -2.55. The molecule has 1 aliphatic rings. The minimum absolute atomic E-state index is 0.297. The van der Waals surface area contributed by atoms with E-state index in [1.54, 1.807) is 0 Å². The number of carboxylic acid groups (broad SMARTS) is 1. The minimum Gasteiger partial charge on any atom is -0.480 e. The first-order valence-electron chi connectivity index (χ1n) is 8.27. The molecule has 4 atom stereocenters. The average Bonchev–Trinajstić information content (AvgIpc) is 3.07. The number of carboxylic acids is 1. The highest BCUT2D eigenvalue weighted by molar-refractivity contribution is 5.94. The first kappa shape index (κ1) is 21.4. The average molecular weight is 371 g/mol. The zero-order valence-corrected chi connectivity index (χ0v) is 14.7. The van der Waals surface area contributed by atoms with Gasteiger partial charge in [-0.3, -0.25) is 19.2 Å². The Bertz CT molecular complexity index is 575. The zero-order valence-electron chi connectivity index (χ0n) is 14.7. The van der Waals surface area contributed by atoms with Crippen LogP contribution < -0.4 is 27.0 Å². The lowest BCUT2D eigenvalue weighted by molar-refractivity contribution is -0.143. The molecule has 0 saturated carbocycles. The summed E-state index contributed by atoms with van der Waals surface area (Å²) in [6, 6.07) is -3.76. The Kier molecular flexibility index (Phi) is 7.97. The number of hydrogen-bond acceptors (Lipinski definition) is 6. The fraction of sp³-hybridized carbons (Fsp3) is 0.667. The van der Waals surface area contributed by atoms with Gasteiger partial charge in [0.15, 0.2) is 0 Å². The van der Waals surface area contributed by atoms with E-state index in [0.29, 0.717) is 6.42 Å². The Morgan fingerprint density at radius 2 is 1.65 bits per heavy atom. The summed E-state index contributed by atoms with van der Waals surface area (Å²) in [6.07, 6.45) is 1.00. The van der Waals surface area contributed by atoms with Crippen molar-refractivity contribution in [2.45, 2.75) is 57.3 Å². The Morgan fingerprint density at radius 3 is 2.15 bits per heavy atom. The minimum atomic E-state index is -1.48. The van der Waals surface area contributed by atoms with E-state index in [9.17, 15) is 24.0 Å². The van der Waals surface area contributed by atoms with Gasteiger partial charge in [0, 0.05) is 0 Å². The molecule has 0 aliphatic carbocycles. The van der Waals surface area contributed by atoms with Gasteiger partial charge >= 0.3 is 5.97 Å². The van der Waals surface area contributed by atoms with E-state index in [4.69, 9.17) is 10.8 Å². The standard InChI is InChI=1S/C15H25N5O6/c1-7(19-14(24)9-4-3-5-17-9)12(22)18-8(2)13(23)20-10(15(25)26)6-11(16)21/h7-10,17H,3-6H2,1-2H3,(H2,16,21)(H,18,22)(H,19,24)(H,20,23)(H,25,26). The summed E-state index contributed by atoms with van der Waals surface area (Å²) in [5, 5.41) is 19.0. The first-order chi connectivity index (χ1) is 12.1. The normalized spacial score (nSPS) is 19.7. The van der Waals surface area contributed by atoms with E-state index in [0.717, 1.165) is 13.0 Å². The van der Waals surface area contributed by atoms with E-state index in [1.165, 1.54) is 13.8 Å². The lowest BCUT2D eigenvalue weighted by atomic mass is 10.1. The van der Waals surface area contributed by atoms with Crippen molar-refractivity contribution in [2.75, 3.05) is 6.54 Å². The van der Waals surface area contributed by atoms with Gasteiger partial charge in [0.05, 0.1) is 12.5 Å². The number of primary amides is 1. The van der Waals surface area contributed by atoms with Gasteiger partial charge in [-0.05, 0) is 33.2 Å². The number of carbonyl (C=O) groups is 5. The Labute approximate surface area is 150 Å². The zero-order chi connectivity index (χ0) is 19.9. The Balaban J connectivity index is 2.50. The SMILES string of the molecule is CC(NC(=O)C(C)NC(=O)C1CCCN1)C(=O)NC(CC(N)=O)C(=O)O. The number of carbonyl (C=O) groups excluding carboxylic acids is 4. The number of rotatable bonds is 9. The van der Waals surface area contributed by atoms with Crippen molar-refractivity contribution in [3.8, 4) is 0 Å². The van der Waals surface area contributed by atoms with Crippen LogP contribution in [0.1, 0.15) is 33.1 Å². The number of nitrogens with one attached hydrogen (secondary N) is 4. The maximum absolute atomic E-state index is 12.1. The van der Waals surface area contributed by atoms with Crippen LogP contribution >= 0.6 is 0 Å². The van der Waals surface area contributed by atoms with Gasteiger partial charge in [-0.25, -0.2) is 4.79 Å². The van der Waals surface area contributed by atoms with E-state index in [2.05, 4.69) is 21.3 Å². The summed E-state index contributed by atoms with van der Waals surface area (Å²) < 4.78 is 0. The fourth-order valence-electron chi connectivity index (χ4n) is 2.39. The fourth-order valence-corrected chi connectivity index (χ4v) is 2.39. The molecule has 1 heterocycles. The van der Waals surface area contributed by atoms with Crippen molar-refractivity contribution in [3.05, 3.63) is 0 Å². The second-order valence-electron chi connectivity index (χ2n) is 6.18. The molecule has 1 aliphatic heterocycles. The number of amides is 4. The molecule has 1 rings (SSSR count). The van der Waals surface area contributed by atoms with Gasteiger partial charge in [-0.15, -0.1) is 0 Å². The molecule has 0 aromatic rings.